The van der Waals surface area contributed by atoms with E-state index in [4.69, 9.17) is 5.11 Å². The Balaban J connectivity index is 2.38. The Bertz CT molecular complexity index is 619. The lowest BCUT2D eigenvalue weighted by atomic mass is 10.2. The molecule has 6 nitrogen and oxygen atoms in total. The number of hydrogen-bond donors (Lipinski definition) is 1. The third-order valence-corrected chi connectivity index (χ3v) is 2.82. The third-order valence-electron chi connectivity index (χ3n) is 2.82. The first-order valence-corrected chi connectivity index (χ1v) is 5.60. The zero-order chi connectivity index (χ0) is 14.0. The van der Waals surface area contributed by atoms with Crippen molar-refractivity contribution < 1.29 is 14.7 Å². The predicted octanol–water partition coefficient (Wildman–Crippen LogP) is 1.39. The van der Waals surface area contributed by atoms with Crippen LogP contribution in [-0.2, 0) is 7.05 Å². The van der Waals surface area contributed by atoms with Crippen molar-refractivity contribution in [3.63, 3.8) is 0 Å². The number of para-hydroxylation sites is 1. The molecule has 0 aliphatic rings. The van der Waals surface area contributed by atoms with Gasteiger partial charge in [0.2, 0.25) is 0 Å². The molecule has 0 saturated heterocycles. The zero-order valence-corrected chi connectivity index (χ0v) is 10.6. The van der Waals surface area contributed by atoms with E-state index in [0.29, 0.717) is 5.69 Å². The molecule has 0 aliphatic carbocycles. The molecule has 1 aromatic heterocycles. The fourth-order valence-electron chi connectivity index (χ4n) is 1.80. The van der Waals surface area contributed by atoms with Gasteiger partial charge < -0.3 is 10.0 Å². The fourth-order valence-corrected chi connectivity index (χ4v) is 1.80. The van der Waals surface area contributed by atoms with Crippen LogP contribution < -0.4 is 4.90 Å². The van der Waals surface area contributed by atoms with E-state index < -0.39 is 11.9 Å². The van der Waals surface area contributed by atoms with Gasteiger partial charge in [-0.3, -0.25) is 9.48 Å². The monoisotopic (exact) mass is 259 g/mol. The second kappa shape index (κ2) is 4.93. The summed E-state index contributed by atoms with van der Waals surface area (Å²) in [5.41, 5.74) is 0.641. The van der Waals surface area contributed by atoms with Crippen molar-refractivity contribution in [3.8, 4) is 0 Å². The van der Waals surface area contributed by atoms with Gasteiger partial charge in [0.1, 0.15) is 0 Å². The predicted molar refractivity (Wildman–Crippen MR) is 69.3 cm³/mol. The first kappa shape index (κ1) is 12.8. The number of aromatic nitrogens is 2. The average molecular weight is 259 g/mol. The van der Waals surface area contributed by atoms with Gasteiger partial charge in [-0.1, -0.05) is 18.2 Å². The van der Waals surface area contributed by atoms with E-state index in [1.165, 1.54) is 22.8 Å². The number of carboxylic acids is 1. The minimum absolute atomic E-state index is 0.0707. The number of carboxylic acid groups (broad SMARTS) is 1. The van der Waals surface area contributed by atoms with Crippen LogP contribution in [0.1, 0.15) is 20.8 Å². The summed E-state index contributed by atoms with van der Waals surface area (Å²) >= 11 is 0. The van der Waals surface area contributed by atoms with Crippen molar-refractivity contribution in [3.05, 3.63) is 47.8 Å². The van der Waals surface area contributed by atoms with Gasteiger partial charge in [-0.05, 0) is 12.1 Å². The topological polar surface area (TPSA) is 75.4 Å². The molecule has 1 heterocycles. The molecule has 0 fully saturated rings. The van der Waals surface area contributed by atoms with E-state index in [-0.39, 0.29) is 11.3 Å². The number of amides is 1. The quantitative estimate of drug-likeness (QED) is 0.903. The third kappa shape index (κ3) is 2.33. The van der Waals surface area contributed by atoms with Crippen molar-refractivity contribution in [1.82, 2.24) is 9.78 Å². The Kier molecular flexibility index (Phi) is 3.33. The summed E-state index contributed by atoms with van der Waals surface area (Å²) in [6.07, 6.45) is 1.27. The fraction of sp³-hybridized carbons (Fsp3) is 0.154. The van der Waals surface area contributed by atoms with Gasteiger partial charge in [0.15, 0.2) is 5.69 Å². The molecule has 0 unspecified atom stereocenters. The smallest absolute Gasteiger partial charge is 0.354 e. The van der Waals surface area contributed by atoms with E-state index in [2.05, 4.69) is 5.10 Å². The second-order valence-corrected chi connectivity index (χ2v) is 4.04. The highest BCUT2D eigenvalue weighted by Gasteiger charge is 2.24. The summed E-state index contributed by atoms with van der Waals surface area (Å²) in [6.45, 7) is 0. The minimum atomic E-state index is -1.18. The van der Waals surface area contributed by atoms with Crippen LogP contribution in [0.3, 0.4) is 0 Å². The molecule has 98 valence electrons. The van der Waals surface area contributed by atoms with Crippen LogP contribution in [0.4, 0.5) is 5.69 Å². The van der Waals surface area contributed by atoms with E-state index in [1.807, 2.05) is 6.07 Å². The number of rotatable bonds is 3. The number of anilines is 1. The number of hydrogen-bond acceptors (Lipinski definition) is 3. The average Bonchev–Trinajstić information content (AvgIpc) is 2.80. The lowest BCUT2D eigenvalue weighted by molar-refractivity contribution is 0.0680. The number of carbonyl (C=O) groups is 2. The Hall–Kier alpha value is -2.63. The van der Waals surface area contributed by atoms with Crippen LogP contribution in [0.5, 0.6) is 0 Å². The number of benzene rings is 1. The van der Waals surface area contributed by atoms with Gasteiger partial charge >= 0.3 is 5.97 Å². The van der Waals surface area contributed by atoms with Gasteiger partial charge in [-0.15, -0.1) is 0 Å². The number of aromatic carboxylic acids is 1. The van der Waals surface area contributed by atoms with Crippen LogP contribution >= 0.6 is 0 Å². The number of carbonyl (C=O) groups excluding carboxylic acids is 1. The molecule has 1 N–H and O–H groups in total. The van der Waals surface area contributed by atoms with Crippen molar-refractivity contribution in [2.45, 2.75) is 0 Å². The molecule has 0 aliphatic heterocycles. The van der Waals surface area contributed by atoms with Crippen molar-refractivity contribution in [2.24, 2.45) is 7.05 Å². The molecule has 0 saturated carbocycles. The normalized spacial score (nSPS) is 10.2. The van der Waals surface area contributed by atoms with Crippen molar-refractivity contribution in [2.75, 3.05) is 11.9 Å². The van der Waals surface area contributed by atoms with Crippen LogP contribution in [-0.4, -0.2) is 33.8 Å². The lowest BCUT2D eigenvalue weighted by Crippen LogP contribution is -2.27. The minimum Gasteiger partial charge on any atom is -0.477 e. The second-order valence-electron chi connectivity index (χ2n) is 4.04. The van der Waals surface area contributed by atoms with E-state index in [0.717, 1.165) is 0 Å². The Morgan fingerprint density at radius 2 is 1.89 bits per heavy atom. The largest absolute Gasteiger partial charge is 0.477 e. The van der Waals surface area contributed by atoms with Gasteiger partial charge in [0.25, 0.3) is 5.91 Å². The Labute approximate surface area is 109 Å². The number of aryl methyl sites for hydroxylation is 1. The molecular weight excluding hydrogens is 246 g/mol. The first-order valence-electron chi connectivity index (χ1n) is 5.60. The Morgan fingerprint density at radius 1 is 1.26 bits per heavy atom. The molecule has 0 atom stereocenters. The summed E-state index contributed by atoms with van der Waals surface area (Å²) in [4.78, 5) is 24.8. The first-order chi connectivity index (χ1) is 9.02. The zero-order valence-electron chi connectivity index (χ0n) is 10.6. The molecule has 19 heavy (non-hydrogen) atoms. The maximum absolute atomic E-state index is 12.3. The standard InChI is InChI=1S/C13H13N3O3/c1-15(9-6-4-3-5-7-9)12(17)10-8-14-16(2)11(10)13(18)19/h3-8H,1-2H3,(H,18,19). The molecule has 1 amide bonds. The molecule has 1 aromatic carbocycles. The summed E-state index contributed by atoms with van der Waals surface area (Å²) in [5.74, 6) is -1.58. The van der Waals surface area contributed by atoms with Crippen LogP contribution in [0.15, 0.2) is 36.5 Å². The van der Waals surface area contributed by atoms with Gasteiger partial charge in [0, 0.05) is 19.8 Å². The molecule has 6 heteroatoms. The molecule has 2 aromatic rings. The highest BCUT2D eigenvalue weighted by molar-refractivity contribution is 6.10. The summed E-state index contributed by atoms with van der Waals surface area (Å²) in [6, 6.07) is 9.00. The van der Waals surface area contributed by atoms with Gasteiger partial charge in [0.05, 0.1) is 11.8 Å². The summed E-state index contributed by atoms with van der Waals surface area (Å²) in [7, 11) is 3.08. The van der Waals surface area contributed by atoms with Crippen LogP contribution in [0.25, 0.3) is 0 Å². The lowest BCUT2D eigenvalue weighted by Gasteiger charge is -2.16. The Morgan fingerprint density at radius 3 is 2.47 bits per heavy atom. The van der Waals surface area contributed by atoms with Crippen molar-refractivity contribution in [1.29, 1.82) is 0 Å². The highest BCUT2D eigenvalue weighted by atomic mass is 16.4. The maximum atomic E-state index is 12.3. The van der Waals surface area contributed by atoms with Crippen LogP contribution in [0.2, 0.25) is 0 Å². The molecular formula is C13H13N3O3. The molecule has 0 spiro atoms. The summed E-state index contributed by atoms with van der Waals surface area (Å²) < 4.78 is 1.18. The molecule has 0 radical (unpaired) electrons. The van der Waals surface area contributed by atoms with E-state index >= 15 is 0 Å². The van der Waals surface area contributed by atoms with E-state index in [9.17, 15) is 9.59 Å². The van der Waals surface area contributed by atoms with Crippen LogP contribution in [0, 0.1) is 0 Å². The summed E-state index contributed by atoms with van der Waals surface area (Å²) in [5, 5.41) is 12.9. The van der Waals surface area contributed by atoms with E-state index in [1.54, 1.807) is 31.3 Å². The molecule has 2 rings (SSSR count). The van der Waals surface area contributed by atoms with Gasteiger partial charge in [-0.25, -0.2) is 4.79 Å². The number of nitrogens with zero attached hydrogens (tertiary/aromatic N) is 3. The molecule has 0 bridgehead atoms. The SMILES string of the molecule is CN(C(=O)c1cnn(C)c1C(=O)O)c1ccccc1. The highest BCUT2D eigenvalue weighted by Crippen LogP contribution is 2.17. The van der Waals surface area contributed by atoms with Gasteiger partial charge in [-0.2, -0.15) is 5.10 Å². The van der Waals surface area contributed by atoms with Crippen molar-refractivity contribution >= 4 is 17.6 Å². The maximum Gasteiger partial charge on any atom is 0.354 e.